The average molecular weight is 284 g/mol. The van der Waals surface area contributed by atoms with E-state index in [-0.39, 0.29) is 0 Å². The van der Waals surface area contributed by atoms with E-state index in [2.05, 4.69) is 19.9 Å². The molecule has 0 bridgehead atoms. The van der Waals surface area contributed by atoms with Crippen molar-refractivity contribution in [3.63, 3.8) is 0 Å². The van der Waals surface area contributed by atoms with Crippen LogP contribution in [-0.2, 0) is 0 Å². The lowest BCUT2D eigenvalue weighted by atomic mass is 10.3. The summed E-state index contributed by atoms with van der Waals surface area (Å²) in [7, 11) is 0. The number of hydrogen-bond donors (Lipinski definition) is 0. The Kier molecular flexibility index (Phi) is 3.52. The highest BCUT2D eigenvalue weighted by Crippen LogP contribution is 2.30. The molecule has 3 aromatic heterocycles. The summed E-state index contributed by atoms with van der Waals surface area (Å²) < 4.78 is 0. The van der Waals surface area contributed by atoms with Gasteiger partial charge in [-0.2, -0.15) is 0 Å². The SMILES string of the molecule is Clc1cc(N(c2ccccn2)c2ccccn2)ncn1. The summed E-state index contributed by atoms with van der Waals surface area (Å²) in [5.41, 5.74) is 0. The summed E-state index contributed by atoms with van der Waals surface area (Å²) in [6.45, 7) is 0. The Morgan fingerprint density at radius 2 is 1.40 bits per heavy atom. The van der Waals surface area contributed by atoms with Gasteiger partial charge in [0, 0.05) is 18.5 Å². The summed E-state index contributed by atoms with van der Waals surface area (Å²) >= 11 is 5.95. The molecule has 0 radical (unpaired) electrons. The van der Waals surface area contributed by atoms with Crippen molar-refractivity contribution >= 4 is 29.1 Å². The third-order valence-corrected chi connectivity index (χ3v) is 2.81. The highest BCUT2D eigenvalue weighted by atomic mass is 35.5. The van der Waals surface area contributed by atoms with Crippen molar-refractivity contribution in [2.75, 3.05) is 4.90 Å². The van der Waals surface area contributed by atoms with Gasteiger partial charge in [0.25, 0.3) is 0 Å². The number of rotatable bonds is 3. The molecule has 0 saturated carbocycles. The molecule has 3 rings (SSSR count). The topological polar surface area (TPSA) is 54.8 Å². The van der Waals surface area contributed by atoms with Gasteiger partial charge in [0.15, 0.2) is 0 Å². The minimum atomic E-state index is 0.367. The fraction of sp³-hybridized carbons (Fsp3) is 0. The molecule has 0 atom stereocenters. The molecule has 0 N–H and O–H groups in total. The average Bonchev–Trinajstić information content (AvgIpc) is 2.50. The number of pyridine rings is 2. The lowest BCUT2D eigenvalue weighted by molar-refractivity contribution is 1.06. The summed E-state index contributed by atoms with van der Waals surface area (Å²) in [5, 5.41) is 0.367. The van der Waals surface area contributed by atoms with Crippen molar-refractivity contribution in [1.29, 1.82) is 0 Å². The van der Waals surface area contributed by atoms with Gasteiger partial charge in [-0.15, -0.1) is 0 Å². The maximum atomic E-state index is 5.95. The molecule has 20 heavy (non-hydrogen) atoms. The number of hydrogen-bond acceptors (Lipinski definition) is 5. The van der Waals surface area contributed by atoms with Gasteiger partial charge in [-0.05, 0) is 24.3 Å². The molecule has 0 aromatic carbocycles. The Balaban J connectivity index is 2.14. The zero-order valence-corrected chi connectivity index (χ0v) is 11.1. The molecular weight excluding hydrogens is 274 g/mol. The second kappa shape index (κ2) is 5.63. The minimum Gasteiger partial charge on any atom is -0.262 e. The van der Waals surface area contributed by atoms with Crippen LogP contribution >= 0.6 is 11.6 Å². The molecule has 0 fully saturated rings. The largest absolute Gasteiger partial charge is 0.262 e. The van der Waals surface area contributed by atoms with Crippen LogP contribution in [0, 0.1) is 0 Å². The van der Waals surface area contributed by atoms with E-state index in [9.17, 15) is 0 Å². The second-order valence-corrected chi connectivity index (χ2v) is 4.30. The number of aromatic nitrogens is 4. The van der Waals surface area contributed by atoms with Crippen molar-refractivity contribution in [3.05, 3.63) is 66.3 Å². The molecule has 0 aliphatic rings. The molecule has 3 heterocycles. The van der Waals surface area contributed by atoms with Gasteiger partial charge in [0.1, 0.15) is 28.9 Å². The van der Waals surface area contributed by atoms with E-state index < -0.39 is 0 Å². The predicted molar refractivity (Wildman–Crippen MR) is 77.3 cm³/mol. The van der Waals surface area contributed by atoms with Crippen LogP contribution in [0.5, 0.6) is 0 Å². The smallest absolute Gasteiger partial charge is 0.144 e. The van der Waals surface area contributed by atoms with Crippen LogP contribution in [0.3, 0.4) is 0 Å². The third-order valence-electron chi connectivity index (χ3n) is 2.61. The molecular formula is C14H10ClN5. The van der Waals surface area contributed by atoms with Gasteiger partial charge in [-0.25, -0.2) is 19.9 Å². The molecule has 98 valence electrons. The Morgan fingerprint density at radius 1 is 0.750 bits per heavy atom. The maximum absolute atomic E-state index is 5.95. The molecule has 6 heteroatoms. The quantitative estimate of drug-likeness (QED) is 0.690. The van der Waals surface area contributed by atoms with Crippen LogP contribution < -0.4 is 4.90 Å². The highest BCUT2D eigenvalue weighted by molar-refractivity contribution is 6.29. The van der Waals surface area contributed by atoms with E-state index in [1.807, 2.05) is 41.3 Å². The first kappa shape index (κ1) is 12.5. The summed E-state index contributed by atoms with van der Waals surface area (Å²) in [4.78, 5) is 18.6. The Morgan fingerprint density at radius 3 is 1.90 bits per heavy atom. The van der Waals surface area contributed by atoms with Crippen LogP contribution in [0.25, 0.3) is 0 Å². The third kappa shape index (κ3) is 2.57. The van der Waals surface area contributed by atoms with Gasteiger partial charge < -0.3 is 0 Å². The normalized spacial score (nSPS) is 10.2. The van der Waals surface area contributed by atoms with E-state index >= 15 is 0 Å². The lowest BCUT2D eigenvalue weighted by Gasteiger charge is -2.21. The van der Waals surface area contributed by atoms with Crippen LogP contribution in [0.1, 0.15) is 0 Å². The van der Waals surface area contributed by atoms with E-state index in [1.165, 1.54) is 6.33 Å². The zero-order valence-electron chi connectivity index (χ0n) is 10.4. The first-order valence-corrected chi connectivity index (χ1v) is 6.32. The fourth-order valence-corrected chi connectivity index (χ4v) is 1.91. The standard InChI is InChI=1S/C14H10ClN5/c15-11-9-14(19-10-18-11)20(12-5-1-3-7-16-12)13-6-2-4-8-17-13/h1-10H. The fourth-order valence-electron chi connectivity index (χ4n) is 1.77. The van der Waals surface area contributed by atoms with E-state index in [4.69, 9.17) is 11.6 Å². The van der Waals surface area contributed by atoms with Crippen LogP contribution in [0.15, 0.2) is 61.2 Å². The number of halogens is 1. The molecule has 0 unspecified atom stereocenters. The molecule has 0 amide bonds. The Bertz CT molecular complexity index is 651. The minimum absolute atomic E-state index is 0.367. The molecule has 0 spiro atoms. The second-order valence-electron chi connectivity index (χ2n) is 3.91. The Labute approximate surface area is 120 Å². The summed E-state index contributed by atoms with van der Waals surface area (Å²) in [6.07, 6.45) is 4.85. The monoisotopic (exact) mass is 283 g/mol. The van der Waals surface area contributed by atoms with E-state index in [0.717, 1.165) is 0 Å². The summed E-state index contributed by atoms with van der Waals surface area (Å²) in [6, 6.07) is 12.9. The molecule has 0 saturated heterocycles. The molecule has 5 nitrogen and oxygen atoms in total. The lowest BCUT2D eigenvalue weighted by Crippen LogP contribution is -2.14. The molecule has 0 aliphatic heterocycles. The van der Waals surface area contributed by atoms with E-state index in [1.54, 1.807) is 18.5 Å². The van der Waals surface area contributed by atoms with Crippen molar-refractivity contribution < 1.29 is 0 Å². The number of nitrogens with zero attached hydrogens (tertiary/aromatic N) is 5. The van der Waals surface area contributed by atoms with Gasteiger partial charge >= 0.3 is 0 Å². The van der Waals surface area contributed by atoms with Gasteiger partial charge in [0.2, 0.25) is 0 Å². The van der Waals surface area contributed by atoms with Gasteiger partial charge in [-0.3, -0.25) is 4.90 Å². The van der Waals surface area contributed by atoms with Crippen LogP contribution in [0.2, 0.25) is 5.15 Å². The van der Waals surface area contributed by atoms with Crippen molar-refractivity contribution in [2.24, 2.45) is 0 Å². The maximum Gasteiger partial charge on any atom is 0.144 e. The first-order chi connectivity index (χ1) is 9.84. The van der Waals surface area contributed by atoms with Gasteiger partial charge in [-0.1, -0.05) is 23.7 Å². The van der Waals surface area contributed by atoms with Crippen LogP contribution in [-0.4, -0.2) is 19.9 Å². The van der Waals surface area contributed by atoms with E-state index in [0.29, 0.717) is 22.6 Å². The first-order valence-electron chi connectivity index (χ1n) is 5.94. The van der Waals surface area contributed by atoms with Crippen molar-refractivity contribution in [3.8, 4) is 0 Å². The molecule has 3 aromatic rings. The predicted octanol–water partition coefficient (Wildman–Crippen LogP) is 3.39. The summed E-state index contributed by atoms with van der Waals surface area (Å²) in [5.74, 6) is 2.03. The Hall–Kier alpha value is -2.53. The molecule has 0 aliphatic carbocycles. The van der Waals surface area contributed by atoms with Crippen molar-refractivity contribution in [2.45, 2.75) is 0 Å². The zero-order chi connectivity index (χ0) is 13.8. The van der Waals surface area contributed by atoms with Gasteiger partial charge in [0.05, 0.1) is 0 Å². The number of anilines is 3. The van der Waals surface area contributed by atoms with Crippen molar-refractivity contribution in [1.82, 2.24) is 19.9 Å². The van der Waals surface area contributed by atoms with Crippen LogP contribution in [0.4, 0.5) is 17.5 Å². The highest BCUT2D eigenvalue weighted by Gasteiger charge is 2.15.